The Balaban J connectivity index is 1.66. The molecule has 0 saturated heterocycles. The van der Waals surface area contributed by atoms with Gasteiger partial charge in [0.05, 0.1) is 22.5 Å². The fourth-order valence-electron chi connectivity index (χ4n) is 4.59. The molecule has 9 heteroatoms. The van der Waals surface area contributed by atoms with Gasteiger partial charge >= 0.3 is 0 Å². The average molecular weight is 514 g/mol. The van der Waals surface area contributed by atoms with E-state index in [2.05, 4.69) is 5.32 Å². The third-order valence-corrected chi connectivity index (χ3v) is 7.47. The van der Waals surface area contributed by atoms with Crippen LogP contribution in [0.1, 0.15) is 43.0 Å². The van der Waals surface area contributed by atoms with Crippen molar-refractivity contribution in [3.63, 3.8) is 0 Å². The summed E-state index contributed by atoms with van der Waals surface area (Å²) >= 11 is 0. The summed E-state index contributed by atoms with van der Waals surface area (Å²) in [6.45, 7) is 3.78. The van der Waals surface area contributed by atoms with Gasteiger partial charge in [-0.15, -0.1) is 0 Å². The molecular formula is C28H23N3O5S. The number of aryl methyl sites for hydroxylation is 2. The van der Waals surface area contributed by atoms with E-state index in [4.69, 9.17) is 11.5 Å². The molecule has 1 aliphatic carbocycles. The molecule has 8 nitrogen and oxygen atoms in total. The number of anilines is 4. The molecule has 4 aromatic carbocycles. The van der Waals surface area contributed by atoms with E-state index in [0.29, 0.717) is 11.4 Å². The maximum atomic E-state index is 13.5. The topological polar surface area (TPSA) is 153 Å². The highest BCUT2D eigenvalue weighted by Gasteiger charge is 2.36. The minimum atomic E-state index is -4.80. The highest BCUT2D eigenvalue weighted by atomic mass is 32.2. The van der Waals surface area contributed by atoms with Gasteiger partial charge in [0, 0.05) is 22.5 Å². The SMILES string of the molecule is Cc1cc(-c2ccc(Nc3cc(S(=O)(=O)O)c(N)c4c3C(=O)c3ccccc3C4=O)c(C)c2)ccc1N. The summed E-state index contributed by atoms with van der Waals surface area (Å²) in [4.78, 5) is 26.2. The van der Waals surface area contributed by atoms with Gasteiger partial charge in [0.15, 0.2) is 11.6 Å². The Kier molecular flexibility index (Phi) is 5.62. The zero-order valence-corrected chi connectivity index (χ0v) is 20.8. The zero-order chi connectivity index (χ0) is 26.6. The van der Waals surface area contributed by atoms with Crippen molar-refractivity contribution in [2.24, 2.45) is 0 Å². The quantitative estimate of drug-likeness (QED) is 0.196. The van der Waals surface area contributed by atoms with E-state index in [9.17, 15) is 22.6 Å². The number of nitrogens with two attached hydrogens (primary N) is 2. The van der Waals surface area contributed by atoms with Gasteiger partial charge < -0.3 is 16.8 Å². The van der Waals surface area contributed by atoms with Crippen LogP contribution in [0.3, 0.4) is 0 Å². The van der Waals surface area contributed by atoms with Gasteiger partial charge in [-0.2, -0.15) is 8.42 Å². The molecule has 0 aromatic heterocycles. The molecule has 186 valence electrons. The van der Waals surface area contributed by atoms with Crippen molar-refractivity contribution in [2.75, 3.05) is 16.8 Å². The average Bonchev–Trinajstić information content (AvgIpc) is 2.85. The van der Waals surface area contributed by atoms with Gasteiger partial charge in [-0.3, -0.25) is 14.1 Å². The van der Waals surface area contributed by atoms with E-state index >= 15 is 0 Å². The molecular weight excluding hydrogens is 490 g/mol. The van der Waals surface area contributed by atoms with Crippen molar-refractivity contribution < 1.29 is 22.6 Å². The minimum Gasteiger partial charge on any atom is -0.399 e. The van der Waals surface area contributed by atoms with E-state index in [0.717, 1.165) is 28.3 Å². The molecule has 0 amide bonds. The fraction of sp³-hybridized carbons (Fsp3) is 0.0714. The van der Waals surface area contributed by atoms with Crippen LogP contribution >= 0.6 is 0 Å². The number of hydrogen-bond acceptors (Lipinski definition) is 7. The standard InChI is InChI=1S/C28H23N3O5S/c1-14-11-16(7-9-20(14)29)17-8-10-21(15(2)12-17)31-22-13-23(37(34,35)36)26(30)25-24(22)27(32)18-5-3-4-6-19(18)28(25)33/h3-13,31H,29-30H2,1-2H3,(H,34,35,36). The van der Waals surface area contributed by atoms with Gasteiger partial charge in [-0.25, -0.2) is 0 Å². The largest absolute Gasteiger partial charge is 0.399 e. The van der Waals surface area contributed by atoms with Crippen molar-refractivity contribution in [2.45, 2.75) is 18.7 Å². The smallest absolute Gasteiger partial charge is 0.296 e. The van der Waals surface area contributed by atoms with Gasteiger partial charge in [0.1, 0.15) is 4.90 Å². The lowest BCUT2D eigenvalue weighted by molar-refractivity contribution is 0.0980. The third kappa shape index (κ3) is 4.04. The molecule has 0 heterocycles. The summed E-state index contributed by atoms with van der Waals surface area (Å²) in [5.74, 6) is -1.07. The van der Waals surface area contributed by atoms with Crippen molar-refractivity contribution in [1.82, 2.24) is 0 Å². The first kappa shape index (κ1) is 24.2. The van der Waals surface area contributed by atoms with Gasteiger partial charge in [0.2, 0.25) is 0 Å². The van der Waals surface area contributed by atoms with Crippen LogP contribution in [0.5, 0.6) is 0 Å². The summed E-state index contributed by atoms with van der Waals surface area (Å²) in [6.07, 6.45) is 0. The molecule has 0 spiro atoms. The monoisotopic (exact) mass is 513 g/mol. The number of benzene rings is 4. The molecule has 0 radical (unpaired) electrons. The number of hydrogen-bond donors (Lipinski definition) is 4. The molecule has 0 saturated carbocycles. The van der Waals surface area contributed by atoms with E-state index in [1.807, 2.05) is 44.2 Å². The van der Waals surface area contributed by atoms with Gasteiger partial charge in [-0.05, 0) is 66.4 Å². The molecule has 1 aliphatic rings. The van der Waals surface area contributed by atoms with E-state index < -0.39 is 32.3 Å². The summed E-state index contributed by atoms with van der Waals surface area (Å²) < 4.78 is 34.1. The predicted octanol–water partition coefficient (Wildman–Crippen LogP) is 4.90. The Bertz CT molecular complexity index is 1760. The van der Waals surface area contributed by atoms with Crippen molar-refractivity contribution in [3.8, 4) is 11.1 Å². The van der Waals surface area contributed by atoms with Crippen LogP contribution in [0.25, 0.3) is 11.1 Å². The first-order valence-corrected chi connectivity index (χ1v) is 12.8. The van der Waals surface area contributed by atoms with Crippen LogP contribution in [0.2, 0.25) is 0 Å². The molecule has 0 aliphatic heterocycles. The lowest BCUT2D eigenvalue weighted by Crippen LogP contribution is -2.25. The summed E-state index contributed by atoms with van der Waals surface area (Å²) in [5.41, 5.74) is 16.5. The first-order valence-electron chi connectivity index (χ1n) is 11.3. The van der Waals surface area contributed by atoms with Gasteiger partial charge in [0.25, 0.3) is 10.1 Å². The maximum absolute atomic E-state index is 13.5. The normalized spacial score (nSPS) is 12.7. The van der Waals surface area contributed by atoms with Crippen LogP contribution in [0, 0.1) is 13.8 Å². The number of carbonyl (C=O) groups excluding carboxylic acids is 2. The number of carbonyl (C=O) groups is 2. The van der Waals surface area contributed by atoms with Gasteiger partial charge in [-0.1, -0.05) is 36.4 Å². The maximum Gasteiger partial charge on any atom is 0.296 e. The Morgan fingerprint density at radius 3 is 1.86 bits per heavy atom. The van der Waals surface area contributed by atoms with Crippen LogP contribution in [-0.4, -0.2) is 24.5 Å². The second-order valence-corrected chi connectivity index (χ2v) is 10.4. The summed E-state index contributed by atoms with van der Waals surface area (Å²) in [7, 11) is -4.80. The fourth-order valence-corrected chi connectivity index (χ4v) is 5.24. The molecule has 5 rings (SSSR count). The second-order valence-electron chi connectivity index (χ2n) is 8.99. The number of ketones is 2. The molecule has 0 bridgehead atoms. The third-order valence-electron chi connectivity index (χ3n) is 6.58. The molecule has 6 N–H and O–H groups in total. The number of rotatable bonds is 4. The van der Waals surface area contributed by atoms with Crippen molar-refractivity contribution in [1.29, 1.82) is 0 Å². The van der Waals surface area contributed by atoms with Crippen molar-refractivity contribution >= 4 is 44.4 Å². The summed E-state index contributed by atoms with van der Waals surface area (Å²) in [5, 5.41) is 3.10. The molecule has 0 atom stereocenters. The van der Waals surface area contributed by atoms with Crippen molar-refractivity contribution in [3.05, 3.63) is 100 Å². The number of fused-ring (bicyclic) bond motifs is 2. The Labute approximate surface area is 213 Å². The molecule has 4 aromatic rings. The highest BCUT2D eigenvalue weighted by molar-refractivity contribution is 7.86. The molecule has 37 heavy (non-hydrogen) atoms. The van der Waals surface area contributed by atoms with Crippen LogP contribution in [0.4, 0.5) is 22.7 Å². The van der Waals surface area contributed by atoms with Crippen LogP contribution in [-0.2, 0) is 10.1 Å². The van der Waals surface area contributed by atoms with E-state index in [1.54, 1.807) is 18.2 Å². The molecule has 0 unspecified atom stereocenters. The zero-order valence-electron chi connectivity index (χ0n) is 20.0. The van der Waals surface area contributed by atoms with E-state index in [-0.39, 0.29) is 27.9 Å². The van der Waals surface area contributed by atoms with Crippen LogP contribution in [0.15, 0.2) is 71.6 Å². The number of nitrogen functional groups attached to an aromatic ring is 2. The Hall–Kier alpha value is -4.47. The first-order chi connectivity index (χ1) is 17.5. The Morgan fingerprint density at radius 2 is 1.30 bits per heavy atom. The molecule has 0 fully saturated rings. The van der Waals surface area contributed by atoms with Crippen LogP contribution < -0.4 is 16.8 Å². The lowest BCUT2D eigenvalue weighted by Gasteiger charge is -2.24. The summed E-state index contributed by atoms with van der Waals surface area (Å²) in [6, 6.07) is 18.7. The lowest BCUT2D eigenvalue weighted by atomic mass is 9.82. The minimum absolute atomic E-state index is 0.0452. The van der Waals surface area contributed by atoms with E-state index in [1.165, 1.54) is 12.1 Å². The Morgan fingerprint density at radius 1 is 0.730 bits per heavy atom. The second kappa shape index (κ2) is 8.58. The number of nitrogens with one attached hydrogen (secondary N) is 1. The highest BCUT2D eigenvalue weighted by Crippen LogP contribution is 2.40. The predicted molar refractivity (Wildman–Crippen MR) is 143 cm³/mol.